The van der Waals surface area contributed by atoms with Crippen LogP contribution in [-0.2, 0) is 16.9 Å². The smallest absolute Gasteiger partial charge is 0.258 e. The molecule has 0 aliphatic carbocycles. The Labute approximate surface area is 194 Å². The third-order valence-electron chi connectivity index (χ3n) is 5.59. The minimum atomic E-state index is -1.48. The summed E-state index contributed by atoms with van der Waals surface area (Å²) in [6.45, 7) is 1.01. The van der Waals surface area contributed by atoms with Crippen molar-refractivity contribution in [2.24, 2.45) is 0 Å². The SMILES string of the molecule is CN1CCC(O)(c2cccc(-c3nc(-c4ccnc(NCc5ccncn5)n4)cs3)c2)C1=O. The summed E-state index contributed by atoms with van der Waals surface area (Å²) in [7, 11) is 1.70. The van der Waals surface area contributed by atoms with Crippen LogP contribution in [0.5, 0.6) is 0 Å². The van der Waals surface area contributed by atoms with E-state index in [1.54, 1.807) is 36.5 Å². The zero-order chi connectivity index (χ0) is 22.8. The average molecular weight is 460 g/mol. The lowest BCUT2D eigenvalue weighted by Crippen LogP contribution is -2.36. The maximum atomic E-state index is 12.5. The highest BCUT2D eigenvalue weighted by Gasteiger charge is 2.45. The summed E-state index contributed by atoms with van der Waals surface area (Å²) in [5, 5.41) is 16.9. The maximum Gasteiger partial charge on any atom is 0.258 e. The van der Waals surface area contributed by atoms with E-state index in [2.05, 4.69) is 25.3 Å². The van der Waals surface area contributed by atoms with Crippen LogP contribution in [0.2, 0.25) is 0 Å². The Balaban J connectivity index is 1.36. The Morgan fingerprint density at radius 1 is 1.15 bits per heavy atom. The van der Waals surface area contributed by atoms with E-state index < -0.39 is 5.60 Å². The Kier molecular flexibility index (Phi) is 5.53. The van der Waals surface area contributed by atoms with E-state index in [4.69, 9.17) is 4.98 Å². The lowest BCUT2D eigenvalue weighted by Gasteiger charge is -2.21. The molecule has 3 aromatic heterocycles. The molecule has 9 nitrogen and oxygen atoms in total. The van der Waals surface area contributed by atoms with Crippen molar-refractivity contribution in [1.82, 2.24) is 29.8 Å². The number of aromatic nitrogens is 5. The number of thiazole rings is 1. The molecule has 0 spiro atoms. The monoisotopic (exact) mass is 459 g/mol. The summed E-state index contributed by atoms with van der Waals surface area (Å²) in [4.78, 5) is 35.7. The fourth-order valence-corrected chi connectivity index (χ4v) is 4.54. The number of carbonyl (C=O) groups excluding carboxylic acids is 1. The molecule has 1 unspecified atom stereocenters. The molecular formula is C23H21N7O2S. The number of anilines is 1. The van der Waals surface area contributed by atoms with Gasteiger partial charge in [0.2, 0.25) is 5.95 Å². The van der Waals surface area contributed by atoms with Gasteiger partial charge in [-0.25, -0.2) is 24.9 Å². The zero-order valence-corrected chi connectivity index (χ0v) is 18.7. The Bertz CT molecular complexity index is 1300. The second-order valence-corrected chi connectivity index (χ2v) is 8.63. The third-order valence-corrected chi connectivity index (χ3v) is 6.48. The van der Waals surface area contributed by atoms with Crippen LogP contribution in [0.4, 0.5) is 5.95 Å². The summed E-state index contributed by atoms with van der Waals surface area (Å²) in [5.41, 5.74) is 2.20. The molecule has 4 heterocycles. The molecular weight excluding hydrogens is 438 g/mol. The average Bonchev–Trinajstić information content (AvgIpc) is 3.46. The van der Waals surface area contributed by atoms with Crippen LogP contribution in [0.15, 0.2) is 60.5 Å². The van der Waals surface area contributed by atoms with Crippen molar-refractivity contribution in [3.63, 3.8) is 0 Å². The van der Waals surface area contributed by atoms with E-state index in [0.717, 1.165) is 22.0 Å². The highest BCUT2D eigenvalue weighted by Crippen LogP contribution is 2.36. The molecule has 4 aromatic rings. The molecule has 1 fully saturated rings. The van der Waals surface area contributed by atoms with Gasteiger partial charge in [0, 0.05) is 43.4 Å². The molecule has 1 aromatic carbocycles. The van der Waals surface area contributed by atoms with Gasteiger partial charge in [0.25, 0.3) is 5.91 Å². The van der Waals surface area contributed by atoms with Crippen LogP contribution in [-0.4, -0.2) is 54.4 Å². The first-order valence-corrected chi connectivity index (χ1v) is 11.3. The predicted octanol–water partition coefficient (Wildman–Crippen LogP) is 2.72. The number of aliphatic hydroxyl groups is 1. The van der Waals surface area contributed by atoms with E-state index >= 15 is 0 Å². The second kappa shape index (κ2) is 8.64. The number of rotatable bonds is 6. The first-order chi connectivity index (χ1) is 16.0. The van der Waals surface area contributed by atoms with Crippen LogP contribution in [0.25, 0.3) is 22.0 Å². The molecule has 1 amide bonds. The van der Waals surface area contributed by atoms with Gasteiger partial charge in [-0.2, -0.15) is 0 Å². The lowest BCUT2D eigenvalue weighted by molar-refractivity contribution is -0.143. The molecule has 166 valence electrons. The van der Waals surface area contributed by atoms with Crippen molar-refractivity contribution < 1.29 is 9.90 Å². The van der Waals surface area contributed by atoms with Crippen LogP contribution >= 0.6 is 11.3 Å². The molecule has 1 atom stereocenters. The maximum absolute atomic E-state index is 12.5. The van der Waals surface area contributed by atoms with Gasteiger partial charge in [-0.1, -0.05) is 18.2 Å². The topological polar surface area (TPSA) is 117 Å². The van der Waals surface area contributed by atoms with Crippen molar-refractivity contribution in [2.75, 3.05) is 18.9 Å². The minimum Gasteiger partial charge on any atom is -0.375 e. The fourth-order valence-electron chi connectivity index (χ4n) is 3.73. The largest absolute Gasteiger partial charge is 0.375 e. The van der Waals surface area contributed by atoms with Crippen molar-refractivity contribution in [3.05, 3.63) is 71.8 Å². The molecule has 0 saturated carbocycles. The van der Waals surface area contributed by atoms with E-state index in [0.29, 0.717) is 36.7 Å². The summed E-state index contributed by atoms with van der Waals surface area (Å²) in [6.07, 6.45) is 5.24. The van der Waals surface area contributed by atoms with Crippen LogP contribution in [0.3, 0.4) is 0 Å². The number of likely N-dealkylation sites (N-methyl/N-ethyl adjacent to an activating group) is 1. The quantitative estimate of drug-likeness (QED) is 0.452. The molecule has 10 heteroatoms. The molecule has 1 aliphatic rings. The molecule has 1 saturated heterocycles. The standard InChI is InChI=1S/C23H21N7O2S/c1-30-10-7-23(32,21(30)31)16-4-2-3-15(11-16)20-28-19(13-33-20)18-6-9-25-22(29-18)26-12-17-5-8-24-14-27-17/h2-6,8-9,11,13-14,32H,7,10,12H2,1H3,(H,25,26,29). The van der Waals surface area contributed by atoms with Gasteiger partial charge in [-0.3, -0.25) is 4.79 Å². The predicted molar refractivity (Wildman–Crippen MR) is 124 cm³/mol. The van der Waals surface area contributed by atoms with Crippen molar-refractivity contribution in [1.29, 1.82) is 0 Å². The highest BCUT2D eigenvalue weighted by molar-refractivity contribution is 7.13. The third kappa shape index (κ3) is 4.18. The zero-order valence-electron chi connectivity index (χ0n) is 17.8. The summed E-state index contributed by atoms with van der Waals surface area (Å²) >= 11 is 1.48. The molecule has 5 rings (SSSR count). The van der Waals surface area contributed by atoms with E-state index in [1.807, 2.05) is 29.6 Å². The molecule has 33 heavy (non-hydrogen) atoms. The van der Waals surface area contributed by atoms with Crippen molar-refractivity contribution in [2.45, 2.75) is 18.6 Å². The summed E-state index contributed by atoms with van der Waals surface area (Å²) < 4.78 is 0. The molecule has 1 aliphatic heterocycles. The summed E-state index contributed by atoms with van der Waals surface area (Å²) in [5.74, 6) is 0.205. The molecule has 0 radical (unpaired) electrons. The van der Waals surface area contributed by atoms with E-state index in [9.17, 15) is 9.90 Å². The van der Waals surface area contributed by atoms with Gasteiger partial charge in [0.1, 0.15) is 17.0 Å². The summed E-state index contributed by atoms with van der Waals surface area (Å²) in [6, 6.07) is 11.0. The van der Waals surface area contributed by atoms with E-state index in [1.165, 1.54) is 17.7 Å². The number of nitrogens with zero attached hydrogens (tertiary/aromatic N) is 6. The number of benzene rings is 1. The van der Waals surface area contributed by atoms with E-state index in [-0.39, 0.29) is 5.91 Å². The van der Waals surface area contributed by atoms with Crippen LogP contribution in [0, 0.1) is 0 Å². The molecule has 2 N–H and O–H groups in total. The normalized spacial score (nSPS) is 18.0. The fraction of sp³-hybridized carbons (Fsp3) is 0.217. The Hall–Kier alpha value is -3.76. The van der Waals surface area contributed by atoms with Gasteiger partial charge in [-0.05, 0) is 23.8 Å². The van der Waals surface area contributed by atoms with Crippen LogP contribution in [0.1, 0.15) is 17.7 Å². The van der Waals surface area contributed by atoms with Gasteiger partial charge in [0.15, 0.2) is 5.60 Å². The second-order valence-electron chi connectivity index (χ2n) is 7.78. The number of nitrogens with one attached hydrogen (secondary N) is 1. The van der Waals surface area contributed by atoms with Crippen molar-refractivity contribution >= 4 is 23.2 Å². The first-order valence-electron chi connectivity index (χ1n) is 10.4. The Morgan fingerprint density at radius 3 is 2.85 bits per heavy atom. The van der Waals surface area contributed by atoms with Gasteiger partial charge in [0.05, 0.1) is 17.9 Å². The van der Waals surface area contributed by atoms with Gasteiger partial charge >= 0.3 is 0 Å². The highest BCUT2D eigenvalue weighted by atomic mass is 32.1. The number of likely N-dealkylation sites (tertiary alicyclic amines) is 1. The Morgan fingerprint density at radius 2 is 2.06 bits per heavy atom. The minimum absolute atomic E-state index is 0.276. The molecule has 0 bridgehead atoms. The number of carbonyl (C=O) groups is 1. The van der Waals surface area contributed by atoms with Gasteiger partial charge < -0.3 is 15.3 Å². The number of amides is 1. The lowest BCUT2D eigenvalue weighted by atomic mass is 9.91. The van der Waals surface area contributed by atoms with Crippen LogP contribution < -0.4 is 5.32 Å². The number of hydrogen-bond acceptors (Lipinski definition) is 9. The number of hydrogen-bond donors (Lipinski definition) is 2. The van der Waals surface area contributed by atoms with Gasteiger partial charge in [-0.15, -0.1) is 11.3 Å². The first kappa shape index (κ1) is 21.1. The van der Waals surface area contributed by atoms with Crippen molar-refractivity contribution in [3.8, 4) is 22.0 Å².